The molecule has 0 saturated carbocycles. The number of nitrogens with one attached hydrogen (secondary N) is 1. The molecule has 128 valence electrons. The number of carbonyl (C=O) groups excluding carboxylic acids is 1. The number of pyridine rings is 1. The predicted molar refractivity (Wildman–Crippen MR) is 85.8 cm³/mol. The van der Waals surface area contributed by atoms with Crippen LogP contribution < -0.4 is 4.74 Å². The first kappa shape index (κ1) is 16.4. The van der Waals surface area contributed by atoms with E-state index in [1.807, 2.05) is 13.8 Å². The minimum Gasteiger partial charge on any atom is -0.481 e. The number of H-pyrrole nitrogens is 1. The summed E-state index contributed by atoms with van der Waals surface area (Å²) in [6, 6.07) is 3.19. The maximum atomic E-state index is 13.0. The molecule has 0 bridgehead atoms. The van der Waals surface area contributed by atoms with Crippen LogP contribution in [0, 0.1) is 13.8 Å². The van der Waals surface area contributed by atoms with Crippen LogP contribution in [0.4, 0.5) is 0 Å². The van der Waals surface area contributed by atoms with E-state index in [0.717, 1.165) is 11.5 Å². The number of rotatable bonds is 4. The number of carbonyl (C=O) groups is 1. The Morgan fingerprint density at radius 3 is 2.71 bits per heavy atom. The molecule has 0 unspecified atom stereocenters. The lowest BCUT2D eigenvalue weighted by molar-refractivity contribution is 0.0683. The molecule has 24 heavy (non-hydrogen) atoms. The lowest BCUT2D eigenvalue weighted by Gasteiger charge is -2.22. The van der Waals surface area contributed by atoms with Crippen LogP contribution in [-0.2, 0) is 4.74 Å². The third-order valence-corrected chi connectivity index (χ3v) is 4.16. The summed E-state index contributed by atoms with van der Waals surface area (Å²) in [6.45, 7) is 4.16. The van der Waals surface area contributed by atoms with Gasteiger partial charge in [-0.25, -0.2) is 9.97 Å². The molecule has 1 saturated heterocycles. The molecule has 8 heteroatoms. The summed E-state index contributed by atoms with van der Waals surface area (Å²) in [7, 11) is 3.19. The highest BCUT2D eigenvalue weighted by Crippen LogP contribution is 2.33. The summed E-state index contributed by atoms with van der Waals surface area (Å²) >= 11 is 0. The molecule has 0 radical (unpaired) electrons. The number of likely N-dealkylation sites (tertiary alicyclic amines) is 1. The van der Waals surface area contributed by atoms with Crippen molar-refractivity contribution in [1.29, 1.82) is 0 Å². The molecule has 8 nitrogen and oxygen atoms in total. The Hall–Kier alpha value is -2.48. The van der Waals surface area contributed by atoms with E-state index in [0.29, 0.717) is 30.2 Å². The van der Waals surface area contributed by atoms with Gasteiger partial charge in [-0.15, -0.1) is 0 Å². The number of aromatic nitrogens is 4. The van der Waals surface area contributed by atoms with Crippen molar-refractivity contribution in [3.05, 3.63) is 35.0 Å². The Bertz CT molecular complexity index is 745. The molecule has 1 amide bonds. The minimum atomic E-state index is -0.216. The summed E-state index contributed by atoms with van der Waals surface area (Å²) in [5.41, 5.74) is 1.26. The number of ether oxygens (including phenoxy) is 2. The van der Waals surface area contributed by atoms with Gasteiger partial charge < -0.3 is 14.4 Å². The predicted octanol–water partition coefficient (Wildman–Crippen LogP) is 1.43. The van der Waals surface area contributed by atoms with Gasteiger partial charge in [0.2, 0.25) is 5.88 Å². The third kappa shape index (κ3) is 3.09. The fraction of sp³-hybridized carbons (Fsp3) is 0.500. The van der Waals surface area contributed by atoms with Gasteiger partial charge in [0.25, 0.3) is 5.91 Å². The normalized spacial score (nSPS) is 20.4. The average molecular weight is 331 g/mol. The Balaban J connectivity index is 1.92. The van der Waals surface area contributed by atoms with E-state index in [9.17, 15) is 4.79 Å². The fourth-order valence-corrected chi connectivity index (χ4v) is 2.98. The summed E-state index contributed by atoms with van der Waals surface area (Å²) in [6.07, 6.45) is 0.628. The molecule has 0 aliphatic carbocycles. The smallest absolute Gasteiger partial charge is 0.254 e. The summed E-state index contributed by atoms with van der Waals surface area (Å²) in [4.78, 5) is 23.4. The highest BCUT2D eigenvalue weighted by atomic mass is 16.5. The third-order valence-electron chi connectivity index (χ3n) is 4.16. The SMILES string of the molecule is COc1cc(C(=O)N2C[C@H](OC)C[C@H]2c2n[nH]c(C)n2)cc(C)n1. The molecule has 2 aromatic heterocycles. The van der Waals surface area contributed by atoms with E-state index in [2.05, 4.69) is 20.2 Å². The Kier molecular flexibility index (Phi) is 4.48. The van der Waals surface area contributed by atoms with E-state index in [4.69, 9.17) is 9.47 Å². The van der Waals surface area contributed by atoms with Crippen LogP contribution in [0.2, 0.25) is 0 Å². The van der Waals surface area contributed by atoms with E-state index in [-0.39, 0.29) is 18.1 Å². The Labute approximate surface area is 140 Å². The van der Waals surface area contributed by atoms with E-state index < -0.39 is 0 Å². The molecule has 1 N–H and O–H groups in total. The van der Waals surface area contributed by atoms with Crippen molar-refractivity contribution in [3.63, 3.8) is 0 Å². The van der Waals surface area contributed by atoms with Crippen LogP contribution in [-0.4, -0.2) is 57.8 Å². The molecule has 2 aromatic rings. The molecule has 2 atom stereocenters. The first-order chi connectivity index (χ1) is 11.5. The molecule has 0 spiro atoms. The van der Waals surface area contributed by atoms with E-state index >= 15 is 0 Å². The van der Waals surface area contributed by atoms with Crippen molar-refractivity contribution in [3.8, 4) is 5.88 Å². The van der Waals surface area contributed by atoms with Crippen molar-refractivity contribution in [1.82, 2.24) is 25.1 Å². The lowest BCUT2D eigenvalue weighted by atomic mass is 10.1. The van der Waals surface area contributed by atoms with E-state index in [1.54, 1.807) is 24.1 Å². The molecule has 1 aliphatic rings. The second kappa shape index (κ2) is 6.56. The number of nitrogens with zero attached hydrogens (tertiary/aromatic N) is 4. The monoisotopic (exact) mass is 331 g/mol. The quantitative estimate of drug-likeness (QED) is 0.911. The molecule has 1 aliphatic heterocycles. The highest BCUT2D eigenvalue weighted by molar-refractivity contribution is 5.95. The van der Waals surface area contributed by atoms with Gasteiger partial charge in [0.05, 0.1) is 19.3 Å². The lowest BCUT2D eigenvalue weighted by Crippen LogP contribution is -2.32. The minimum absolute atomic E-state index is 0.0393. The molecular weight excluding hydrogens is 310 g/mol. The standard InChI is InChI=1S/C16H21N5O3/c1-9-5-11(6-14(17-9)24-4)16(22)21-8-12(23-3)7-13(21)15-18-10(2)19-20-15/h5-6,12-13H,7-8H2,1-4H3,(H,18,19,20)/t12-,13+/m1/s1. The second-order valence-corrected chi connectivity index (χ2v) is 5.89. The number of amides is 1. The molecule has 1 fully saturated rings. The van der Waals surface area contributed by atoms with Gasteiger partial charge in [-0.2, -0.15) is 5.10 Å². The molecule has 3 heterocycles. The van der Waals surface area contributed by atoms with Crippen molar-refractivity contribution in [2.24, 2.45) is 0 Å². The van der Waals surface area contributed by atoms with Crippen molar-refractivity contribution >= 4 is 5.91 Å². The zero-order chi connectivity index (χ0) is 17.3. The number of methoxy groups -OCH3 is 2. The van der Waals surface area contributed by atoms with Crippen LogP contribution in [0.25, 0.3) is 0 Å². The van der Waals surface area contributed by atoms with Crippen molar-refractivity contribution in [2.45, 2.75) is 32.4 Å². The Morgan fingerprint density at radius 2 is 2.08 bits per heavy atom. The number of hydrogen-bond donors (Lipinski definition) is 1. The van der Waals surface area contributed by atoms with Crippen LogP contribution in [0.15, 0.2) is 12.1 Å². The van der Waals surface area contributed by atoms with Gasteiger partial charge in [0.1, 0.15) is 5.82 Å². The first-order valence-electron chi connectivity index (χ1n) is 7.77. The van der Waals surface area contributed by atoms with Crippen LogP contribution in [0.5, 0.6) is 5.88 Å². The zero-order valence-corrected chi connectivity index (χ0v) is 14.2. The van der Waals surface area contributed by atoms with Crippen LogP contribution in [0.1, 0.15) is 40.2 Å². The molecular formula is C16H21N5O3. The van der Waals surface area contributed by atoms with E-state index in [1.165, 1.54) is 7.11 Å². The fourth-order valence-electron chi connectivity index (χ4n) is 2.98. The second-order valence-electron chi connectivity index (χ2n) is 5.89. The summed E-state index contributed by atoms with van der Waals surface area (Å²) < 4.78 is 10.6. The van der Waals surface area contributed by atoms with Gasteiger partial charge in [0, 0.05) is 37.4 Å². The van der Waals surface area contributed by atoms with Gasteiger partial charge >= 0.3 is 0 Å². The number of aryl methyl sites for hydroxylation is 2. The van der Waals surface area contributed by atoms with Crippen molar-refractivity contribution < 1.29 is 14.3 Å². The first-order valence-corrected chi connectivity index (χ1v) is 7.77. The summed E-state index contributed by atoms with van der Waals surface area (Å²) in [5, 5.41) is 7.06. The average Bonchev–Trinajstić information content (AvgIpc) is 3.19. The van der Waals surface area contributed by atoms with Gasteiger partial charge in [0.15, 0.2) is 5.82 Å². The molecule has 0 aromatic carbocycles. The highest BCUT2D eigenvalue weighted by Gasteiger charge is 2.39. The van der Waals surface area contributed by atoms with Crippen molar-refractivity contribution in [2.75, 3.05) is 20.8 Å². The number of hydrogen-bond acceptors (Lipinski definition) is 6. The van der Waals surface area contributed by atoms with Gasteiger partial charge in [-0.1, -0.05) is 0 Å². The summed E-state index contributed by atoms with van der Waals surface area (Å²) in [5.74, 6) is 1.65. The van der Waals surface area contributed by atoms with Crippen LogP contribution >= 0.6 is 0 Å². The maximum absolute atomic E-state index is 13.0. The molecule has 3 rings (SSSR count). The maximum Gasteiger partial charge on any atom is 0.254 e. The Morgan fingerprint density at radius 1 is 1.29 bits per heavy atom. The van der Waals surface area contributed by atoms with Crippen LogP contribution in [0.3, 0.4) is 0 Å². The van der Waals surface area contributed by atoms with Gasteiger partial charge in [-0.05, 0) is 19.9 Å². The largest absolute Gasteiger partial charge is 0.481 e. The zero-order valence-electron chi connectivity index (χ0n) is 14.2. The topological polar surface area (TPSA) is 93.2 Å². The van der Waals surface area contributed by atoms with Gasteiger partial charge in [-0.3, -0.25) is 9.89 Å². The number of aromatic amines is 1.